The standard InChI is InChI=1S/C68H114N4O50/c1-15-33(84)43(94)48(99)63(106-15)104-14-28-54(40(91)29(59(103)107-28)69-16(2)80)116-60-30(70-17(3)81)41(92)53(26(12-79)113-60)118-66-51(102)56(120-68-58(47(98)37(88)23(9-76)112-68)122-62-32(72-19(5)83)55(38(89)24(10-77)108-62)119-65-50(101)45(96)35(86)21(7-74)110-65)39(90)27(115-66)13-105-67-57(46(97)36(87)22(8-75)111-67)121-61-31(71-18(4)82)42(93)52(25(11-78)114-61)117-64-49(100)44(95)34(85)20(6-73)109-64/h15,20-68,73-79,84-103H,6-14H2,1-5H3,(H,69,80)(H,70,81)(H,71,82)(H,72,83)/t15-,20+,21+,22+,23+,24+,25+,26+,27+,28+,29+,30+,31+,32+,33+,34-,35-,36+,37+,38+,39+,40+,41+,42+,43+,44-,45-,46-,47-,48-,49+,50+,51-,52+,53+,54+,55+,56-,57-,58-,59+,60-,61-,62-,63+,64-,65-,66-,67-,68+/m0/s1. The van der Waals surface area contributed by atoms with Crippen LogP contribution in [0.1, 0.15) is 34.6 Å². The third kappa shape index (κ3) is 22.0. The van der Waals surface area contributed by atoms with Crippen molar-refractivity contribution in [3.63, 3.8) is 0 Å². The zero-order valence-electron chi connectivity index (χ0n) is 65.7. The highest BCUT2D eigenvalue weighted by Crippen LogP contribution is 2.41. The van der Waals surface area contributed by atoms with Gasteiger partial charge in [0.1, 0.15) is 238 Å². The summed E-state index contributed by atoms with van der Waals surface area (Å²) >= 11 is 0. The normalized spacial score (nSPS) is 49.7. The highest BCUT2D eigenvalue weighted by molar-refractivity contribution is 5.74. The first-order valence-electron chi connectivity index (χ1n) is 39.0. The highest BCUT2D eigenvalue weighted by atomic mass is 16.8. The van der Waals surface area contributed by atoms with Gasteiger partial charge >= 0.3 is 0 Å². The number of carbonyl (C=O) groups is 4. The number of rotatable bonds is 31. The number of amides is 4. The van der Waals surface area contributed by atoms with Crippen molar-refractivity contribution in [1.29, 1.82) is 0 Å². The second kappa shape index (κ2) is 43.6. The predicted octanol–water partition coefficient (Wildman–Crippen LogP) is -21.2. The van der Waals surface area contributed by atoms with Gasteiger partial charge in [-0.25, -0.2) is 0 Å². The van der Waals surface area contributed by atoms with E-state index in [0.29, 0.717) is 0 Å². The Hall–Kier alpha value is -3.96. The molecule has 10 fully saturated rings. The summed E-state index contributed by atoms with van der Waals surface area (Å²) in [5.41, 5.74) is 0. The van der Waals surface area contributed by atoms with Crippen LogP contribution in [0.25, 0.3) is 0 Å². The zero-order valence-corrected chi connectivity index (χ0v) is 65.7. The average Bonchev–Trinajstić information content (AvgIpc) is 0.767. The van der Waals surface area contributed by atoms with Gasteiger partial charge in [0.05, 0.1) is 65.6 Å². The van der Waals surface area contributed by atoms with Gasteiger partial charge in [-0.1, -0.05) is 0 Å². The van der Waals surface area contributed by atoms with Gasteiger partial charge in [-0.15, -0.1) is 0 Å². The quantitative estimate of drug-likeness (QED) is 0.0306. The van der Waals surface area contributed by atoms with Crippen LogP contribution in [0.15, 0.2) is 0 Å². The first-order valence-corrected chi connectivity index (χ1v) is 39.0. The van der Waals surface area contributed by atoms with Crippen LogP contribution in [0.3, 0.4) is 0 Å². The molecule has 50 atom stereocenters. The van der Waals surface area contributed by atoms with Crippen molar-refractivity contribution < 1.29 is 247 Å². The van der Waals surface area contributed by atoms with Crippen molar-refractivity contribution in [2.45, 2.75) is 341 Å². The number of hydrogen-bond acceptors (Lipinski definition) is 50. The van der Waals surface area contributed by atoms with Gasteiger partial charge in [0.2, 0.25) is 23.6 Å². The second-order valence-electron chi connectivity index (χ2n) is 31.0. The SMILES string of the molecule is CC(=O)N[C@@H]1[C@@H](O)[C@H](O[C@@H]2O[C@H](CO)[C@@H](O[C@@H]3O[C@H](CO[C@H]4O[C@H](CO)[C@@H](O)[C@H](O)[C@@H]4O[C@@H]4O[C@H](CO)[C@@H](O[C@@H]5O[C@H](CO)[C@H](O)[C@H](O)[C@H]5O)[C@H](O)[C@H]4NC(C)=O)[C@@H](O)[C@H](O[C@H]4O[C@H](CO)[C@@H](O)[C@H](O)[C@@H]4O[C@@H]4O[C@H](CO)[C@@H](O)[C@H](O[C@@H]5O[C@H](CO)[C@H](O)[C@H](O)[C@H]5O)[C@H]4NC(C)=O)[C@@H]3O)[C@H](O)[C@H]2NC(C)=O)[C@@H](CO[C@@H]2O[C@@H](C)[C@@H](O)[C@@H](O)[C@@H]2O)O[C@H]1O. The number of aliphatic hydroxyl groups is 27. The van der Waals surface area contributed by atoms with E-state index in [-0.39, 0.29) is 0 Å². The molecular formula is C68H114N4O50. The molecule has 0 aromatic heterocycles. The minimum atomic E-state index is -2.64. The maximum absolute atomic E-state index is 13.3. The molecule has 54 nitrogen and oxygen atoms in total. The lowest BCUT2D eigenvalue weighted by Crippen LogP contribution is -2.71. The lowest BCUT2D eigenvalue weighted by Gasteiger charge is -2.51. The topological polar surface area (TPSA) is 838 Å². The molecule has 0 bridgehead atoms. The number of hydrogen-bond donors (Lipinski definition) is 31. The maximum atomic E-state index is 13.3. The zero-order chi connectivity index (χ0) is 89.8. The van der Waals surface area contributed by atoms with Crippen molar-refractivity contribution >= 4 is 23.6 Å². The summed E-state index contributed by atoms with van der Waals surface area (Å²) in [4.78, 5) is 51.8. The molecule has 0 saturated carbocycles. The molecule has 0 aromatic rings. The Morgan fingerprint density at radius 1 is 0.230 bits per heavy atom. The van der Waals surface area contributed by atoms with E-state index in [1.54, 1.807) is 0 Å². The van der Waals surface area contributed by atoms with E-state index in [9.17, 15) is 157 Å². The van der Waals surface area contributed by atoms with E-state index >= 15 is 0 Å². The molecule has 10 saturated heterocycles. The minimum absolute atomic E-state index is 0.847. The summed E-state index contributed by atoms with van der Waals surface area (Å²) in [6, 6.07) is -7.69. The molecule has 31 N–H and O–H groups in total. The summed E-state index contributed by atoms with van der Waals surface area (Å²) in [6.45, 7) is -4.89. The maximum Gasteiger partial charge on any atom is 0.217 e. The molecule has 0 unspecified atom stereocenters. The van der Waals surface area contributed by atoms with Crippen molar-refractivity contribution in [2.75, 3.05) is 59.5 Å². The molecule has 10 aliphatic heterocycles. The fraction of sp³-hybridized carbons (Fsp3) is 0.941. The molecule has 54 heteroatoms. The Morgan fingerprint density at radius 3 is 0.975 bits per heavy atom. The molecule has 10 aliphatic rings. The Bertz CT molecular complexity index is 3290. The van der Waals surface area contributed by atoms with Gasteiger partial charge in [0.15, 0.2) is 62.9 Å². The molecular weight excluding hydrogens is 1670 g/mol. The molecule has 122 heavy (non-hydrogen) atoms. The molecule has 10 rings (SSSR count). The van der Waals surface area contributed by atoms with E-state index in [1.807, 2.05) is 0 Å². The third-order valence-corrected chi connectivity index (χ3v) is 22.4. The Labute approximate surface area is 691 Å². The number of carbonyl (C=O) groups excluding carboxylic acids is 4. The number of nitrogens with one attached hydrogen (secondary N) is 4. The van der Waals surface area contributed by atoms with Crippen molar-refractivity contribution in [3.05, 3.63) is 0 Å². The van der Waals surface area contributed by atoms with Crippen LogP contribution in [-0.2, 0) is 109 Å². The van der Waals surface area contributed by atoms with Crippen LogP contribution in [-0.4, -0.2) is 528 Å². The lowest BCUT2D eigenvalue weighted by atomic mass is 9.93. The van der Waals surface area contributed by atoms with Gasteiger partial charge in [-0.2, -0.15) is 0 Å². The Morgan fingerprint density at radius 2 is 0.516 bits per heavy atom. The molecule has 0 aromatic carbocycles. The predicted molar refractivity (Wildman–Crippen MR) is 375 cm³/mol. The van der Waals surface area contributed by atoms with E-state index in [4.69, 9.17) is 90.0 Å². The van der Waals surface area contributed by atoms with Gasteiger partial charge < -0.3 is 249 Å². The van der Waals surface area contributed by atoms with Gasteiger partial charge in [-0.05, 0) is 6.92 Å². The van der Waals surface area contributed by atoms with Crippen LogP contribution >= 0.6 is 0 Å². The van der Waals surface area contributed by atoms with E-state index < -0.39 is 390 Å². The fourth-order valence-electron chi connectivity index (χ4n) is 15.8. The third-order valence-electron chi connectivity index (χ3n) is 22.4. The molecule has 4 amide bonds. The summed E-state index contributed by atoms with van der Waals surface area (Å²) in [5, 5.41) is 311. The monoisotopic (exact) mass is 1790 g/mol. The largest absolute Gasteiger partial charge is 0.394 e. The summed E-state index contributed by atoms with van der Waals surface area (Å²) < 4.78 is 113. The van der Waals surface area contributed by atoms with Crippen LogP contribution in [0.2, 0.25) is 0 Å². The van der Waals surface area contributed by atoms with Crippen molar-refractivity contribution in [1.82, 2.24) is 21.3 Å². The van der Waals surface area contributed by atoms with Gasteiger partial charge in [-0.3, -0.25) is 19.2 Å². The van der Waals surface area contributed by atoms with E-state index in [0.717, 1.165) is 27.7 Å². The molecule has 0 aliphatic carbocycles. The van der Waals surface area contributed by atoms with Crippen molar-refractivity contribution in [3.8, 4) is 0 Å². The van der Waals surface area contributed by atoms with Crippen LogP contribution in [0.5, 0.6) is 0 Å². The summed E-state index contributed by atoms with van der Waals surface area (Å²) in [5.74, 6) is -3.77. The molecule has 0 radical (unpaired) electrons. The van der Waals surface area contributed by atoms with Crippen LogP contribution in [0.4, 0.5) is 0 Å². The molecule has 0 spiro atoms. The number of ether oxygens (including phenoxy) is 19. The molecule has 10 heterocycles. The minimum Gasteiger partial charge on any atom is -0.394 e. The van der Waals surface area contributed by atoms with Gasteiger partial charge in [0.25, 0.3) is 0 Å². The van der Waals surface area contributed by atoms with E-state index in [2.05, 4.69) is 21.3 Å². The van der Waals surface area contributed by atoms with Crippen LogP contribution < -0.4 is 21.3 Å². The summed E-state index contributed by atoms with van der Waals surface area (Å²) in [7, 11) is 0. The first-order chi connectivity index (χ1) is 57.7. The van der Waals surface area contributed by atoms with E-state index in [1.165, 1.54) is 6.92 Å². The Balaban J connectivity index is 0.993. The van der Waals surface area contributed by atoms with Gasteiger partial charge in [0, 0.05) is 27.7 Å². The Kier molecular flexibility index (Phi) is 35.8. The van der Waals surface area contributed by atoms with Crippen molar-refractivity contribution in [2.24, 2.45) is 0 Å². The average molecular weight is 1790 g/mol. The molecule has 706 valence electrons. The highest BCUT2D eigenvalue weighted by Gasteiger charge is 2.62. The second-order valence-corrected chi connectivity index (χ2v) is 31.0. The van der Waals surface area contributed by atoms with Crippen LogP contribution in [0, 0.1) is 0 Å². The smallest absolute Gasteiger partial charge is 0.217 e. The summed E-state index contributed by atoms with van der Waals surface area (Å²) in [6.07, 6.45) is -95.7. The number of aliphatic hydroxyl groups excluding tert-OH is 27. The lowest BCUT2D eigenvalue weighted by molar-refractivity contribution is -0.399. The fourth-order valence-corrected chi connectivity index (χ4v) is 15.8. The first kappa shape index (κ1) is 100.